The molecule has 0 amide bonds. The lowest BCUT2D eigenvalue weighted by Crippen LogP contribution is -2.55. The molecule has 8 heteroatoms. The summed E-state index contributed by atoms with van der Waals surface area (Å²) < 4.78 is 17.0. The molecule has 47 heavy (non-hydrogen) atoms. The summed E-state index contributed by atoms with van der Waals surface area (Å²) in [5.41, 5.74) is 0. The Labute approximate surface area is 287 Å². The molecule has 0 rings (SSSR count). The molecule has 0 aliphatic carbocycles. The summed E-state index contributed by atoms with van der Waals surface area (Å²) >= 11 is 0. The number of esters is 2. The monoisotopic (exact) mass is 664 g/mol. The van der Waals surface area contributed by atoms with Gasteiger partial charge in [-0.1, -0.05) is 108 Å². The number of hydrogen-bond acceptors (Lipinski definition) is 7. The van der Waals surface area contributed by atoms with Crippen LogP contribution in [-0.2, 0) is 28.6 Å². The number of ether oxygens (including phenoxy) is 3. The van der Waals surface area contributed by atoms with E-state index in [1.807, 2.05) is 6.08 Å². The molecule has 0 spiro atoms. The normalized spacial score (nSPS) is 13.5. The molecule has 0 aliphatic heterocycles. The van der Waals surface area contributed by atoms with Crippen LogP contribution in [0.2, 0.25) is 0 Å². The molecule has 0 bridgehead atoms. The first kappa shape index (κ1) is 44.5. The molecular formula is C39H69NO7. The first-order chi connectivity index (χ1) is 22.6. The summed E-state index contributed by atoms with van der Waals surface area (Å²) in [4.78, 5) is 36.5. The molecule has 2 unspecified atom stereocenters. The van der Waals surface area contributed by atoms with Crippen molar-refractivity contribution in [2.75, 3.05) is 41.0 Å². The van der Waals surface area contributed by atoms with Crippen LogP contribution in [-0.4, -0.2) is 75.5 Å². The molecule has 0 heterocycles. The average molecular weight is 664 g/mol. The fourth-order valence-corrected chi connectivity index (χ4v) is 5.04. The number of rotatable bonds is 32. The van der Waals surface area contributed by atoms with Gasteiger partial charge >= 0.3 is 11.9 Å². The highest BCUT2D eigenvalue weighted by atomic mass is 16.6. The highest BCUT2D eigenvalue weighted by Crippen LogP contribution is 2.11. The van der Waals surface area contributed by atoms with Gasteiger partial charge in [-0.2, -0.15) is 0 Å². The molecule has 0 aromatic carbocycles. The van der Waals surface area contributed by atoms with E-state index in [-0.39, 0.29) is 49.1 Å². The van der Waals surface area contributed by atoms with Crippen molar-refractivity contribution >= 4 is 17.9 Å². The number of carboxylic acid groups (broad SMARTS) is 1. The van der Waals surface area contributed by atoms with Crippen LogP contribution in [0.4, 0.5) is 0 Å². The summed E-state index contributed by atoms with van der Waals surface area (Å²) in [7, 11) is 5.37. The number of hydrogen-bond donors (Lipinski definition) is 0. The number of carbonyl (C=O) groups is 3. The zero-order valence-electron chi connectivity index (χ0n) is 30.7. The van der Waals surface area contributed by atoms with Gasteiger partial charge in [0.05, 0.1) is 40.3 Å². The lowest BCUT2D eigenvalue weighted by Gasteiger charge is -2.34. The molecule has 0 saturated heterocycles. The van der Waals surface area contributed by atoms with E-state index in [2.05, 4.69) is 44.2 Å². The molecule has 272 valence electrons. The van der Waals surface area contributed by atoms with Crippen molar-refractivity contribution in [1.29, 1.82) is 0 Å². The Bertz CT molecular complexity index is 875. The number of aliphatic carboxylic acids is 1. The van der Waals surface area contributed by atoms with E-state index in [0.717, 1.165) is 51.4 Å². The second-order valence-corrected chi connectivity index (χ2v) is 13.4. The van der Waals surface area contributed by atoms with E-state index in [0.29, 0.717) is 12.8 Å². The van der Waals surface area contributed by atoms with Crippen LogP contribution < -0.4 is 5.11 Å². The summed E-state index contributed by atoms with van der Waals surface area (Å²) in [6, 6.07) is -0.733. The van der Waals surface area contributed by atoms with Crippen LogP contribution in [0.3, 0.4) is 0 Å². The molecule has 0 fully saturated rings. The van der Waals surface area contributed by atoms with Gasteiger partial charge in [0.1, 0.15) is 12.6 Å². The Hall–Kier alpha value is -2.45. The maximum absolute atomic E-state index is 12.6. The minimum atomic E-state index is -1.14. The standard InChI is InChI=1S/C39H69NO7/c1-6-8-10-12-14-16-18-19-20-22-24-26-28-30-38(42)47-35(33-45-32-31-36(39(43)44)40(3,4)5)34-46-37(41)29-27-25-23-21-17-15-13-11-9-7-2/h13,15,19-20,24,26,35-36H,6-12,14,16-18,21-23,25,27-34H2,1-5H3/b15-13+,20-19+,26-24+. The van der Waals surface area contributed by atoms with Crippen LogP contribution >= 0.6 is 0 Å². The molecule has 0 N–H and O–H groups in total. The first-order valence-electron chi connectivity index (χ1n) is 18.5. The summed E-state index contributed by atoms with van der Waals surface area (Å²) in [5, 5.41) is 11.5. The SMILES string of the molecule is CCCC/C=C/CCCCCCC(=O)OCC(COCCC(C(=O)[O-])[N+](C)(C)C)OC(=O)CC/C=C/C/C=C/CCCCCCCC. The van der Waals surface area contributed by atoms with Crippen LogP contribution in [0.15, 0.2) is 36.5 Å². The van der Waals surface area contributed by atoms with E-state index in [9.17, 15) is 19.5 Å². The largest absolute Gasteiger partial charge is 0.544 e. The highest BCUT2D eigenvalue weighted by molar-refractivity contribution is 5.70. The summed E-state index contributed by atoms with van der Waals surface area (Å²) in [6.07, 6.45) is 31.9. The summed E-state index contributed by atoms with van der Waals surface area (Å²) in [5.74, 6) is -1.84. The molecular weight excluding hydrogens is 594 g/mol. The first-order valence-corrected chi connectivity index (χ1v) is 18.5. The van der Waals surface area contributed by atoms with Crippen LogP contribution in [0.25, 0.3) is 0 Å². The van der Waals surface area contributed by atoms with Crippen molar-refractivity contribution in [3.63, 3.8) is 0 Å². The highest BCUT2D eigenvalue weighted by Gasteiger charge is 2.25. The Balaban J connectivity index is 4.55. The number of unbranched alkanes of at least 4 members (excludes halogenated alkanes) is 12. The lowest BCUT2D eigenvalue weighted by molar-refractivity contribution is -0.889. The molecule has 0 aliphatic rings. The fourth-order valence-electron chi connectivity index (χ4n) is 5.04. The third-order valence-electron chi connectivity index (χ3n) is 8.01. The van der Waals surface area contributed by atoms with Gasteiger partial charge in [-0.3, -0.25) is 9.59 Å². The van der Waals surface area contributed by atoms with Gasteiger partial charge in [0.25, 0.3) is 0 Å². The van der Waals surface area contributed by atoms with Crippen molar-refractivity contribution in [2.24, 2.45) is 0 Å². The van der Waals surface area contributed by atoms with E-state index < -0.39 is 18.1 Å². The third-order valence-corrected chi connectivity index (χ3v) is 8.01. The average Bonchev–Trinajstić information content (AvgIpc) is 3.01. The van der Waals surface area contributed by atoms with Crippen LogP contribution in [0.5, 0.6) is 0 Å². The Morgan fingerprint density at radius 3 is 1.81 bits per heavy atom. The number of nitrogens with zero attached hydrogens (tertiary/aromatic N) is 1. The van der Waals surface area contributed by atoms with E-state index in [1.54, 1.807) is 21.1 Å². The number of allylic oxidation sites excluding steroid dienone is 6. The van der Waals surface area contributed by atoms with E-state index >= 15 is 0 Å². The van der Waals surface area contributed by atoms with E-state index in [4.69, 9.17) is 14.2 Å². The maximum Gasteiger partial charge on any atom is 0.306 e. The smallest absolute Gasteiger partial charge is 0.306 e. The van der Waals surface area contributed by atoms with Gasteiger partial charge < -0.3 is 28.6 Å². The van der Waals surface area contributed by atoms with Gasteiger partial charge in [-0.25, -0.2) is 0 Å². The Kier molecular flexibility index (Phi) is 29.2. The zero-order valence-corrected chi connectivity index (χ0v) is 30.7. The second kappa shape index (κ2) is 30.9. The van der Waals surface area contributed by atoms with Gasteiger partial charge in [0.15, 0.2) is 6.10 Å². The second-order valence-electron chi connectivity index (χ2n) is 13.4. The number of carbonyl (C=O) groups excluding carboxylic acids is 3. The number of carboxylic acids is 1. The van der Waals surface area contributed by atoms with Crippen molar-refractivity contribution in [2.45, 2.75) is 154 Å². The molecule has 0 aromatic heterocycles. The van der Waals surface area contributed by atoms with Gasteiger partial charge in [-0.15, -0.1) is 0 Å². The van der Waals surface area contributed by atoms with Gasteiger partial charge in [-0.05, 0) is 51.4 Å². The predicted octanol–water partition coefficient (Wildman–Crippen LogP) is 7.79. The number of quaternary nitrogens is 1. The molecule has 2 atom stereocenters. The number of likely N-dealkylation sites (N-methyl/N-ethyl adjacent to an activating group) is 1. The van der Waals surface area contributed by atoms with Gasteiger partial charge in [0.2, 0.25) is 0 Å². The molecule has 8 nitrogen and oxygen atoms in total. The van der Waals surface area contributed by atoms with E-state index in [1.165, 1.54) is 51.4 Å². The molecule has 0 aromatic rings. The Morgan fingerprint density at radius 2 is 1.19 bits per heavy atom. The van der Waals surface area contributed by atoms with Crippen LogP contribution in [0, 0.1) is 0 Å². The quantitative estimate of drug-likeness (QED) is 0.0313. The van der Waals surface area contributed by atoms with Gasteiger partial charge in [0, 0.05) is 19.3 Å². The van der Waals surface area contributed by atoms with Crippen molar-refractivity contribution in [3.8, 4) is 0 Å². The minimum absolute atomic E-state index is 0.0148. The van der Waals surface area contributed by atoms with Crippen LogP contribution in [0.1, 0.15) is 142 Å². The third kappa shape index (κ3) is 29.4. The van der Waals surface area contributed by atoms with Crippen molar-refractivity contribution in [1.82, 2.24) is 0 Å². The molecule has 0 radical (unpaired) electrons. The van der Waals surface area contributed by atoms with Crippen molar-refractivity contribution in [3.05, 3.63) is 36.5 Å². The fraction of sp³-hybridized carbons (Fsp3) is 0.769. The predicted molar refractivity (Wildman–Crippen MR) is 190 cm³/mol. The maximum atomic E-state index is 12.6. The summed E-state index contributed by atoms with van der Waals surface area (Å²) in [6.45, 7) is 4.51. The molecule has 0 saturated carbocycles. The Morgan fingerprint density at radius 1 is 0.638 bits per heavy atom. The topological polar surface area (TPSA) is 102 Å². The lowest BCUT2D eigenvalue weighted by atomic mass is 10.1. The minimum Gasteiger partial charge on any atom is -0.544 e. The van der Waals surface area contributed by atoms with Crippen molar-refractivity contribution < 1.29 is 38.2 Å². The zero-order chi connectivity index (χ0) is 35.0.